The summed E-state index contributed by atoms with van der Waals surface area (Å²) < 4.78 is 0. The van der Waals surface area contributed by atoms with E-state index in [-0.39, 0.29) is 60.3 Å². The van der Waals surface area contributed by atoms with Crippen molar-refractivity contribution in [2.75, 3.05) is 0 Å². The Morgan fingerprint density at radius 2 is 0.833 bits per heavy atom. The van der Waals surface area contributed by atoms with Crippen molar-refractivity contribution in [3.63, 3.8) is 0 Å². The number of hydrogen-bond donors (Lipinski definition) is 0. The number of halogens is 3. The molecule has 0 nitrogen and oxygen atoms in total. The Hall–Kier alpha value is 2.40. The first kappa shape index (κ1) is 39.8. The zero-order valence-electron chi connectivity index (χ0n) is 3.55. The molecule has 0 saturated carbocycles. The molecule has 0 amide bonds. The van der Waals surface area contributed by atoms with Crippen LogP contribution in [0.5, 0.6) is 0 Å². The van der Waals surface area contributed by atoms with Gasteiger partial charge in [-0.25, -0.2) is 0 Å². The van der Waals surface area contributed by atoms with Crippen molar-refractivity contribution in [1.29, 1.82) is 0 Å². The van der Waals surface area contributed by atoms with Crippen LogP contribution in [0.25, 0.3) is 0 Å². The molecule has 0 saturated heterocycles. The molecule has 0 fully saturated rings. The van der Waals surface area contributed by atoms with Crippen LogP contribution in [-0.2, 0) is 0 Å². The fourth-order valence-corrected chi connectivity index (χ4v) is 0. The molecular formula is CH3Cl3Mg2. The third kappa shape index (κ3) is 32.4. The summed E-state index contributed by atoms with van der Waals surface area (Å²) in [6.07, 6.45) is 0. The summed E-state index contributed by atoms with van der Waals surface area (Å²) in [5, 5.41) is 2.03. The van der Waals surface area contributed by atoms with Crippen molar-refractivity contribution in [2.45, 2.75) is 5.05 Å². The van der Waals surface area contributed by atoms with Gasteiger partial charge in [0.15, 0.2) is 0 Å². The van der Waals surface area contributed by atoms with E-state index in [2.05, 4.69) is 0 Å². The molecule has 0 heterocycles. The number of hydrogen-bond acceptors (Lipinski definition) is 0. The molecule has 0 atom stereocenters. The van der Waals surface area contributed by atoms with Gasteiger partial charge in [-0.2, -0.15) is 0 Å². The van der Waals surface area contributed by atoms with Gasteiger partial charge in [0, 0.05) is 0 Å². The molecule has 6 heavy (non-hydrogen) atoms. The van der Waals surface area contributed by atoms with Crippen molar-refractivity contribution < 1.29 is 37.2 Å². The molecule has 5 heteroatoms. The van der Waals surface area contributed by atoms with Gasteiger partial charge in [-0.05, 0) is 0 Å². The van der Waals surface area contributed by atoms with Crippen LogP contribution >= 0.6 is 0 Å². The molecule has 0 spiro atoms. The first-order chi connectivity index (χ1) is 1.00. The van der Waals surface area contributed by atoms with Crippen molar-refractivity contribution in [1.82, 2.24) is 0 Å². The van der Waals surface area contributed by atoms with Gasteiger partial charge in [0.2, 0.25) is 0 Å². The van der Waals surface area contributed by atoms with Gasteiger partial charge < -0.3 is 37.2 Å². The van der Waals surface area contributed by atoms with Crippen LogP contribution in [0.15, 0.2) is 0 Å². The molecule has 0 rings (SSSR count). The smallest absolute Gasteiger partial charge is 1.00 e. The van der Waals surface area contributed by atoms with E-state index in [9.17, 15) is 0 Å². The summed E-state index contributed by atoms with van der Waals surface area (Å²) in [5.74, 6) is 0. The van der Waals surface area contributed by atoms with Crippen molar-refractivity contribution in [3.05, 3.63) is 0 Å². The van der Waals surface area contributed by atoms with E-state index in [0.29, 0.717) is 0 Å². The fraction of sp³-hybridized carbons (Fsp3) is 1.00. The quantitative estimate of drug-likeness (QED) is 0.317. The molecule has 0 aliphatic rings. The predicted molar refractivity (Wildman–Crippen MR) is 17.4 cm³/mol. The van der Waals surface area contributed by atoms with Crippen LogP contribution in [0.1, 0.15) is 0 Å². The third-order valence-electron chi connectivity index (χ3n) is 0. The third-order valence-corrected chi connectivity index (χ3v) is 0. The van der Waals surface area contributed by atoms with E-state index >= 15 is 0 Å². The second kappa shape index (κ2) is 52.6. The zero-order valence-corrected chi connectivity index (χ0v) is 8.64. The Morgan fingerprint density at radius 1 is 0.833 bits per heavy atom. The molecule has 0 bridgehead atoms. The molecule has 0 radical (unpaired) electrons. The van der Waals surface area contributed by atoms with Crippen molar-refractivity contribution in [3.8, 4) is 0 Å². The molecule has 0 aromatic carbocycles. The minimum absolute atomic E-state index is 0. The first-order valence-electron chi connectivity index (χ1n) is 0.707. The summed E-state index contributed by atoms with van der Waals surface area (Å²) >= 11 is 1.86. The normalized spacial score (nSPS) is 1.17. The van der Waals surface area contributed by atoms with Crippen LogP contribution in [0.2, 0.25) is 5.05 Å². The van der Waals surface area contributed by atoms with Crippen LogP contribution in [-0.4, -0.2) is 44.8 Å². The van der Waals surface area contributed by atoms with Gasteiger partial charge in [-0.3, -0.25) is 0 Å². The summed E-state index contributed by atoms with van der Waals surface area (Å²) in [4.78, 5) is 0. The van der Waals surface area contributed by atoms with E-state index < -0.39 is 0 Å². The Bertz CT molecular complexity index is 8.75. The van der Waals surface area contributed by atoms with Gasteiger partial charge in [0.1, 0.15) is 0 Å². The maximum atomic E-state index is 2.03. The summed E-state index contributed by atoms with van der Waals surface area (Å²) in [6, 6.07) is 0. The average molecular weight is 170 g/mol. The van der Waals surface area contributed by atoms with Crippen LogP contribution in [0, 0.1) is 0 Å². The monoisotopic (exact) mass is 168 g/mol. The predicted octanol–water partition coefficient (Wildman–Crippen LogP) is -9.17. The molecule has 0 aliphatic heterocycles. The van der Waals surface area contributed by atoms with Crippen molar-refractivity contribution >= 4 is 44.8 Å². The largest absolute Gasteiger partial charge is 2.00 e. The Kier molecular flexibility index (Phi) is 348. The van der Waals surface area contributed by atoms with Gasteiger partial charge >= 0.3 is 49.8 Å². The maximum absolute atomic E-state index is 2.03. The summed E-state index contributed by atoms with van der Waals surface area (Å²) in [5.41, 5.74) is 0. The Balaban J connectivity index is -0.000000000833. The second-order valence-corrected chi connectivity index (χ2v) is 0. The minimum Gasteiger partial charge on any atom is -1.00 e. The van der Waals surface area contributed by atoms with E-state index in [4.69, 9.17) is 0 Å². The average Bonchev–Trinajstić information content (AvgIpc) is 1.00. The molecule has 0 aliphatic carbocycles. The molecule has 0 N–H and O–H groups in total. The Morgan fingerprint density at radius 3 is 0.833 bits per heavy atom. The first-order valence-corrected chi connectivity index (χ1v) is 2.12. The van der Waals surface area contributed by atoms with Gasteiger partial charge in [-0.15, -0.1) is 0 Å². The van der Waals surface area contributed by atoms with E-state index in [1.165, 1.54) is 0 Å². The minimum atomic E-state index is 0. The Labute approximate surface area is 86.0 Å². The second-order valence-electron chi connectivity index (χ2n) is 0. The van der Waals surface area contributed by atoms with E-state index in [1.54, 1.807) is 0 Å². The molecular weight excluding hydrogens is 167 g/mol. The molecule has 0 aromatic rings. The zero-order chi connectivity index (χ0) is 2.00. The van der Waals surface area contributed by atoms with Crippen LogP contribution in [0.3, 0.4) is 0 Å². The molecule has 32 valence electrons. The van der Waals surface area contributed by atoms with Gasteiger partial charge in [0.25, 0.3) is 0 Å². The molecule has 0 aromatic heterocycles. The molecule has 0 unspecified atom stereocenters. The van der Waals surface area contributed by atoms with Gasteiger partial charge in [-0.1, -0.05) is 0 Å². The van der Waals surface area contributed by atoms with Gasteiger partial charge in [0.05, 0.1) is 0 Å². The van der Waals surface area contributed by atoms with Crippen LogP contribution < -0.4 is 37.2 Å². The maximum Gasteiger partial charge on any atom is 2.00 e. The van der Waals surface area contributed by atoms with E-state index in [1.807, 2.05) is 26.8 Å². The SMILES string of the molecule is [CH3][Mg+].[Cl-].[Cl-].[Cl-].[Mg+2]. The standard InChI is InChI=1S/CH3.3ClH.2Mg/h1H3;3*1H;;/q;;;;+1;+2/p-3. The van der Waals surface area contributed by atoms with Crippen LogP contribution in [0.4, 0.5) is 0 Å². The van der Waals surface area contributed by atoms with E-state index in [0.717, 1.165) is 0 Å². The fourth-order valence-electron chi connectivity index (χ4n) is 0. The van der Waals surface area contributed by atoms with Crippen molar-refractivity contribution in [2.24, 2.45) is 0 Å². The summed E-state index contributed by atoms with van der Waals surface area (Å²) in [6.45, 7) is 0. The number of rotatable bonds is 0. The topological polar surface area (TPSA) is 0 Å². The summed E-state index contributed by atoms with van der Waals surface area (Å²) in [7, 11) is 0.